The number of carbonyl (C=O) groups is 2. The highest BCUT2D eigenvalue weighted by Crippen LogP contribution is 2.42. The molecule has 1 saturated heterocycles. The van der Waals surface area contributed by atoms with E-state index in [0.29, 0.717) is 4.90 Å². The van der Waals surface area contributed by atoms with Crippen LogP contribution in [0.4, 0.5) is 0 Å². The van der Waals surface area contributed by atoms with E-state index >= 15 is 0 Å². The van der Waals surface area contributed by atoms with Gasteiger partial charge in [-0.15, -0.1) is 0 Å². The van der Waals surface area contributed by atoms with Crippen LogP contribution < -0.4 is 0 Å². The number of halogens is 3. The van der Waals surface area contributed by atoms with Crippen molar-refractivity contribution >= 4 is 58.5 Å². The molecule has 8 nitrogen and oxygen atoms in total. The number of azide groups is 1. The van der Waals surface area contributed by atoms with Gasteiger partial charge in [0.2, 0.25) is 0 Å². The third-order valence-electron chi connectivity index (χ3n) is 4.13. The minimum atomic E-state index is -0.910. The van der Waals surface area contributed by atoms with Crippen molar-refractivity contribution in [3.8, 4) is 0 Å². The van der Waals surface area contributed by atoms with Crippen LogP contribution in [-0.4, -0.2) is 42.2 Å². The molecule has 0 saturated carbocycles. The summed E-state index contributed by atoms with van der Waals surface area (Å²) in [6, 6.07) is 2.53. The molecule has 12 heteroatoms. The van der Waals surface area contributed by atoms with Crippen molar-refractivity contribution in [3.05, 3.63) is 37.6 Å². The van der Waals surface area contributed by atoms with E-state index in [9.17, 15) is 9.59 Å². The zero-order valence-corrected chi connectivity index (χ0v) is 18.8. The number of nitrogens with zero attached hydrogens (tertiary/aromatic N) is 3. The van der Waals surface area contributed by atoms with E-state index in [-0.39, 0.29) is 27.6 Å². The van der Waals surface area contributed by atoms with Crippen molar-refractivity contribution in [1.82, 2.24) is 0 Å². The molecule has 1 fully saturated rings. The summed E-state index contributed by atoms with van der Waals surface area (Å²) in [4.78, 5) is 26.4. The number of hydrogen-bond donors (Lipinski definition) is 0. The SMILES string of the molecule is CC(=O)OCC1O[C@H](Sc2cc(Cl)c(Cl)c(Cl)c2)C(C)[C@@H](N=[N+]=[N-])[C@H]1OC(C)=O. The van der Waals surface area contributed by atoms with Crippen LogP contribution in [0.15, 0.2) is 22.1 Å². The number of carbonyl (C=O) groups excluding carboxylic acids is 2. The number of esters is 2. The van der Waals surface area contributed by atoms with E-state index in [2.05, 4.69) is 10.0 Å². The van der Waals surface area contributed by atoms with E-state index in [1.165, 1.54) is 25.6 Å². The third kappa shape index (κ3) is 6.31. The largest absolute Gasteiger partial charge is 0.463 e. The molecule has 0 aliphatic carbocycles. The van der Waals surface area contributed by atoms with Gasteiger partial charge in [0.1, 0.15) is 24.3 Å². The summed E-state index contributed by atoms with van der Waals surface area (Å²) >= 11 is 19.5. The van der Waals surface area contributed by atoms with Gasteiger partial charge in [-0.25, -0.2) is 0 Å². The highest BCUT2D eigenvalue weighted by molar-refractivity contribution is 7.99. The molecule has 2 unspecified atom stereocenters. The maximum absolute atomic E-state index is 11.6. The van der Waals surface area contributed by atoms with Crippen molar-refractivity contribution in [2.45, 2.75) is 49.4 Å². The smallest absolute Gasteiger partial charge is 0.303 e. The maximum Gasteiger partial charge on any atom is 0.303 e. The van der Waals surface area contributed by atoms with Crippen molar-refractivity contribution in [2.75, 3.05) is 6.61 Å². The fourth-order valence-electron chi connectivity index (χ4n) is 2.82. The molecule has 158 valence electrons. The van der Waals surface area contributed by atoms with Gasteiger partial charge in [0.25, 0.3) is 0 Å². The first-order valence-corrected chi connectivity index (χ1v) is 10.5. The molecule has 1 aromatic carbocycles. The Balaban J connectivity index is 2.33. The van der Waals surface area contributed by atoms with Crippen LogP contribution >= 0.6 is 46.6 Å². The number of ether oxygens (including phenoxy) is 3. The zero-order chi connectivity index (χ0) is 21.7. The summed E-state index contributed by atoms with van der Waals surface area (Å²) in [6.45, 7) is 4.12. The summed E-state index contributed by atoms with van der Waals surface area (Å²) in [5.41, 5.74) is 8.47. The van der Waals surface area contributed by atoms with Crippen LogP contribution in [0, 0.1) is 5.92 Å². The van der Waals surface area contributed by atoms with Crippen LogP contribution in [0.3, 0.4) is 0 Å². The van der Waals surface area contributed by atoms with Crippen molar-refractivity contribution in [1.29, 1.82) is 0 Å². The van der Waals surface area contributed by atoms with Crippen LogP contribution in [0.2, 0.25) is 15.1 Å². The lowest BCUT2D eigenvalue weighted by molar-refractivity contribution is -0.182. The van der Waals surface area contributed by atoms with Crippen molar-refractivity contribution in [3.63, 3.8) is 0 Å². The Morgan fingerprint density at radius 2 is 1.86 bits per heavy atom. The van der Waals surface area contributed by atoms with Crippen LogP contribution in [-0.2, 0) is 23.8 Å². The van der Waals surface area contributed by atoms with Gasteiger partial charge < -0.3 is 14.2 Å². The van der Waals surface area contributed by atoms with E-state index in [4.69, 9.17) is 54.5 Å². The first-order valence-electron chi connectivity index (χ1n) is 8.45. The Kier molecular flexibility index (Phi) is 8.75. The Labute approximate surface area is 186 Å². The highest BCUT2D eigenvalue weighted by Gasteiger charge is 2.46. The number of thioether (sulfide) groups is 1. The van der Waals surface area contributed by atoms with Crippen LogP contribution in [0.25, 0.3) is 10.4 Å². The summed E-state index contributed by atoms with van der Waals surface area (Å²) < 4.78 is 16.4. The molecule has 0 amide bonds. The van der Waals surface area contributed by atoms with Crippen molar-refractivity contribution in [2.24, 2.45) is 11.0 Å². The van der Waals surface area contributed by atoms with E-state index in [1.807, 2.05) is 0 Å². The summed E-state index contributed by atoms with van der Waals surface area (Å²) in [6.07, 6.45) is -1.74. The molecular weight excluding hydrogens is 465 g/mol. The summed E-state index contributed by atoms with van der Waals surface area (Å²) in [5, 5.41) is 4.62. The van der Waals surface area contributed by atoms with Gasteiger partial charge >= 0.3 is 11.9 Å². The second-order valence-electron chi connectivity index (χ2n) is 6.29. The summed E-state index contributed by atoms with van der Waals surface area (Å²) in [5.74, 6) is -1.45. The maximum atomic E-state index is 11.6. The van der Waals surface area contributed by atoms with Gasteiger partial charge in [-0.2, -0.15) is 0 Å². The minimum absolute atomic E-state index is 0.170. The van der Waals surface area contributed by atoms with Gasteiger partial charge in [-0.3, -0.25) is 9.59 Å². The lowest BCUT2D eigenvalue weighted by Crippen LogP contribution is -2.55. The quantitative estimate of drug-likeness (QED) is 0.179. The lowest BCUT2D eigenvalue weighted by atomic mass is 9.91. The molecule has 1 aliphatic rings. The molecular formula is C17H18Cl3N3O5S. The zero-order valence-electron chi connectivity index (χ0n) is 15.7. The Morgan fingerprint density at radius 3 is 2.38 bits per heavy atom. The number of hydrogen-bond acceptors (Lipinski definition) is 7. The average molecular weight is 483 g/mol. The predicted octanol–water partition coefficient (Wildman–Crippen LogP) is 5.27. The van der Waals surface area contributed by atoms with Gasteiger partial charge in [0.05, 0.1) is 21.1 Å². The van der Waals surface area contributed by atoms with Crippen LogP contribution in [0.5, 0.6) is 0 Å². The standard InChI is InChI=1S/C17H18Cl3N3O5S/c1-7-15(22-23-21)16(27-9(3)25)13(6-26-8(2)24)28-17(7)29-10-4-11(18)14(20)12(19)5-10/h4-5,7,13,15-17H,6H2,1-3H3/t7?,13?,15-,16+,17-/m1/s1. The van der Waals surface area contributed by atoms with E-state index in [1.54, 1.807) is 19.1 Å². The number of rotatable bonds is 6. The normalized spacial score (nSPS) is 26.3. The van der Waals surface area contributed by atoms with Gasteiger partial charge in [0.15, 0.2) is 0 Å². The van der Waals surface area contributed by atoms with Crippen LogP contribution in [0.1, 0.15) is 20.8 Å². The fraction of sp³-hybridized carbons (Fsp3) is 0.529. The second kappa shape index (κ2) is 10.6. The highest BCUT2D eigenvalue weighted by atomic mass is 35.5. The predicted molar refractivity (Wildman–Crippen MR) is 110 cm³/mol. The molecule has 1 aromatic rings. The fourth-order valence-corrected chi connectivity index (χ4v) is 4.76. The molecule has 29 heavy (non-hydrogen) atoms. The van der Waals surface area contributed by atoms with Gasteiger partial charge in [-0.05, 0) is 17.7 Å². The minimum Gasteiger partial charge on any atom is -0.463 e. The average Bonchev–Trinajstić information content (AvgIpc) is 2.63. The Hall–Kier alpha value is -1.35. The van der Waals surface area contributed by atoms with E-state index < -0.39 is 35.6 Å². The first kappa shape index (κ1) is 23.9. The van der Waals surface area contributed by atoms with Gasteiger partial charge in [-0.1, -0.05) is 58.6 Å². The molecule has 0 bridgehead atoms. The Morgan fingerprint density at radius 1 is 1.24 bits per heavy atom. The molecule has 0 N–H and O–H groups in total. The summed E-state index contributed by atoms with van der Waals surface area (Å²) in [7, 11) is 0. The van der Waals surface area contributed by atoms with E-state index in [0.717, 1.165) is 0 Å². The molecule has 1 aliphatic heterocycles. The monoisotopic (exact) mass is 481 g/mol. The molecule has 2 rings (SSSR count). The first-order chi connectivity index (χ1) is 13.6. The third-order valence-corrected chi connectivity index (χ3v) is 6.60. The van der Waals surface area contributed by atoms with Crippen molar-refractivity contribution < 1.29 is 23.8 Å². The number of benzene rings is 1. The molecule has 0 aromatic heterocycles. The molecule has 5 atom stereocenters. The topological polar surface area (TPSA) is 111 Å². The Bertz CT molecular complexity index is 814. The van der Waals surface area contributed by atoms with Gasteiger partial charge in [0, 0.05) is 29.6 Å². The molecule has 0 spiro atoms. The second-order valence-corrected chi connectivity index (χ2v) is 8.66. The molecule has 1 heterocycles. The molecule has 0 radical (unpaired) electrons. The lowest BCUT2D eigenvalue weighted by Gasteiger charge is -2.43.